The predicted molar refractivity (Wildman–Crippen MR) is 90.9 cm³/mol. The monoisotopic (exact) mass is 343 g/mol. The number of aromatic hydroxyl groups is 2. The van der Waals surface area contributed by atoms with Crippen molar-refractivity contribution in [1.82, 2.24) is 9.97 Å². The second-order valence-electron chi connectivity index (χ2n) is 4.59. The van der Waals surface area contributed by atoms with Crippen molar-refractivity contribution in [2.45, 2.75) is 19.8 Å². The van der Waals surface area contributed by atoms with E-state index in [1.807, 2.05) is 0 Å². The van der Waals surface area contributed by atoms with Gasteiger partial charge in [0.05, 0.1) is 5.69 Å². The van der Waals surface area contributed by atoms with Crippen LogP contribution in [0.5, 0.6) is 11.5 Å². The molecule has 0 spiro atoms. The zero-order valence-corrected chi connectivity index (χ0v) is 13.5. The van der Waals surface area contributed by atoms with Gasteiger partial charge in [-0.3, -0.25) is 0 Å². The number of hydrogen-bond donors (Lipinski definition) is 3. The van der Waals surface area contributed by atoms with Crippen molar-refractivity contribution >= 4 is 29.2 Å². The standard InChI is InChI=1S/C16H13N3O2S2/c17-14-15(22-12-5-1-10(20)2-6-12)18-9-19-16(14)23-13-7-3-11(21)4-8-13/h1-9,20-21H,17H2. The third kappa shape index (κ3) is 3.88. The Morgan fingerprint density at radius 2 is 1.09 bits per heavy atom. The molecular weight excluding hydrogens is 330 g/mol. The van der Waals surface area contributed by atoms with Gasteiger partial charge in [-0.2, -0.15) is 0 Å². The normalized spacial score (nSPS) is 10.6. The first kappa shape index (κ1) is 15.5. The lowest BCUT2D eigenvalue weighted by molar-refractivity contribution is 0.474. The lowest BCUT2D eigenvalue weighted by Gasteiger charge is -2.08. The van der Waals surface area contributed by atoms with Crippen LogP contribution in [-0.2, 0) is 0 Å². The lowest BCUT2D eigenvalue weighted by atomic mass is 10.3. The van der Waals surface area contributed by atoms with Crippen molar-refractivity contribution in [3.05, 3.63) is 54.9 Å². The summed E-state index contributed by atoms with van der Waals surface area (Å²) in [5.74, 6) is 0.433. The lowest BCUT2D eigenvalue weighted by Crippen LogP contribution is -1.97. The van der Waals surface area contributed by atoms with Gasteiger partial charge in [0.25, 0.3) is 0 Å². The number of phenols is 2. The Hall–Kier alpha value is -2.38. The summed E-state index contributed by atoms with van der Waals surface area (Å²) in [7, 11) is 0. The van der Waals surface area contributed by atoms with Crippen molar-refractivity contribution in [3.8, 4) is 11.5 Å². The van der Waals surface area contributed by atoms with Crippen LogP contribution in [0.15, 0.2) is 74.7 Å². The number of rotatable bonds is 4. The zero-order valence-electron chi connectivity index (χ0n) is 11.9. The fraction of sp³-hybridized carbons (Fsp3) is 0. The SMILES string of the molecule is Nc1c(Sc2ccc(O)cc2)ncnc1Sc1ccc(O)cc1. The van der Waals surface area contributed by atoms with Crippen LogP contribution in [0.4, 0.5) is 5.69 Å². The highest BCUT2D eigenvalue weighted by molar-refractivity contribution is 8.00. The van der Waals surface area contributed by atoms with E-state index < -0.39 is 0 Å². The minimum absolute atomic E-state index is 0.216. The van der Waals surface area contributed by atoms with Gasteiger partial charge in [0.15, 0.2) is 0 Å². The van der Waals surface area contributed by atoms with E-state index in [-0.39, 0.29) is 11.5 Å². The van der Waals surface area contributed by atoms with Gasteiger partial charge in [0, 0.05) is 9.79 Å². The van der Waals surface area contributed by atoms with E-state index in [1.165, 1.54) is 29.9 Å². The molecule has 23 heavy (non-hydrogen) atoms. The highest BCUT2D eigenvalue weighted by Gasteiger charge is 2.11. The first-order chi connectivity index (χ1) is 11.1. The van der Waals surface area contributed by atoms with Crippen LogP contribution in [0.1, 0.15) is 0 Å². The van der Waals surface area contributed by atoms with Crippen molar-refractivity contribution in [2.24, 2.45) is 0 Å². The average molecular weight is 343 g/mol. The van der Waals surface area contributed by atoms with Crippen LogP contribution in [0.25, 0.3) is 0 Å². The third-order valence-electron chi connectivity index (χ3n) is 2.91. The van der Waals surface area contributed by atoms with E-state index >= 15 is 0 Å². The van der Waals surface area contributed by atoms with E-state index in [0.717, 1.165) is 9.79 Å². The minimum atomic E-state index is 0.216. The molecule has 0 amide bonds. The Balaban J connectivity index is 1.83. The van der Waals surface area contributed by atoms with Crippen LogP contribution in [0, 0.1) is 0 Å². The van der Waals surface area contributed by atoms with Gasteiger partial charge < -0.3 is 15.9 Å². The molecule has 0 unspecified atom stereocenters. The maximum atomic E-state index is 9.32. The number of phenolic OH excluding ortho intramolecular Hbond substituents is 2. The molecule has 0 radical (unpaired) electrons. The van der Waals surface area contributed by atoms with Crippen LogP contribution in [-0.4, -0.2) is 20.2 Å². The minimum Gasteiger partial charge on any atom is -0.508 e. The predicted octanol–water partition coefficient (Wildman–Crippen LogP) is 3.77. The summed E-state index contributed by atoms with van der Waals surface area (Å²) in [6, 6.07) is 13.7. The highest BCUT2D eigenvalue weighted by Crippen LogP contribution is 2.37. The smallest absolute Gasteiger partial charge is 0.128 e. The number of nitrogens with zero attached hydrogens (tertiary/aromatic N) is 2. The van der Waals surface area contributed by atoms with Crippen molar-refractivity contribution in [2.75, 3.05) is 5.73 Å². The van der Waals surface area contributed by atoms with Gasteiger partial charge in [0.1, 0.15) is 27.9 Å². The quantitative estimate of drug-likeness (QED) is 0.621. The van der Waals surface area contributed by atoms with Gasteiger partial charge in [-0.15, -0.1) is 0 Å². The molecule has 0 aliphatic carbocycles. The van der Waals surface area contributed by atoms with E-state index in [1.54, 1.807) is 48.5 Å². The molecule has 116 valence electrons. The molecule has 0 atom stereocenters. The summed E-state index contributed by atoms with van der Waals surface area (Å²) < 4.78 is 0. The summed E-state index contributed by atoms with van der Waals surface area (Å²) in [5, 5.41) is 20.0. The van der Waals surface area contributed by atoms with E-state index in [9.17, 15) is 10.2 Å². The maximum Gasteiger partial charge on any atom is 0.128 e. The van der Waals surface area contributed by atoms with Gasteiger partial charge in [-0.25, -0.2) is 9.97 Å². The molecule has 0 fully saturated rings. The summed E-state index contributed by atoms with van der Waals surface area (Å²) in [6.45, 7) is 0. The van der Waals surface area contributed by atoms with Crippen molar-refractivity contribution < 1.29 is 10.2 Å². The molecule has 1 heterocycles. The topological polar surface area (TPSA) is 92.3 Å². The molecule has 3 aromatic rings. The average Bonchev–Trinajstić information content (AvgIpc) is 2.55. The summed E-state index contributed by atoms with van der Waals surface area (Å²) in [4.78, 5) is 10.3. The summed E-state index contributed by atoms with van der Waals surface area (Å²) in [5.41, 5.74) is 6.68. The van der Waals surface area contributed by atoms with Crippen molar-refractivity contribution in [1.29, 1.82) is 0 Å². The number of nitrogens with two attached hydrogens (primary N) is 1. The summed E-state index contributed by atoms with van der Waals surface area (Å²) >= 11 is 2.82. The van der Waals surface area contributed by atoms with Crippen LogP contribution >= 0.6 is 23.5 Å². The first-order valence-corrected chi connectivity index (χ1v) is 8.29. The van der Waals surface area contributed by atoms with Crippen molar-refractivity contribution in [3.63, 3.8) is 0 Å². The molecule has 0 saturated carbocycles. The third-order valence-corrected chi connectivity index (χ3v) is 4.97. The molecular formula is C16H13N3O2S2. The molecule has 0 aliphatic heterocycles. The fourth-order valence-electron chi connectivity index (χ4n) is 1.78. The molecule has 0 aliphatic rings. The van der Waals surface area contributed by atoms with Crippen LogP contribution in [0.3, 0.4) is 0 Å². The van der Waals surface area contributed by atoms with Gasteiger partial charge in [-0.05, 0) is 48.5 Å². The van der Waals surface area contributed by atoms with Crippen LogP contribution in [0.2, 0.25) is 0 Å². The Morgan fingerprint density at radius 3 is 1.48 bits per heavy atom. The second-order valence-corrected chi connectivity index (χ2v) is 6.71. The number of benzene rings is 2. The van der Waals surface area contributed by atoms with Gasteiger partial charge >= 0.3 is 0 Å². The molecule has 0 saturated heterocycles. The molecule has 5 nitrogen and oxygen atoms in total. The highest BCUT2D eigenvalue weighted by atomic mass is 32.2. The fourth-order valence-corrected chi connectivity index (χ4v) is 3.45. The molecule has 3 rings (SSSR count). The second kappa shape index (κ2) is 6.80. The Morgan fingerprint density at radius 1 is 0.696 bits per heavy atom. The van der Waals surface area contributed by atoms with E-state index in [0.29, 0.717) is 15.7 Å². The molecule has 0 bridgehead atoms. The Kier molecular flexibility index (Phi) is 4.59. The number of anilines is 1. The molecule has 7 heteroatoms. The molecule has 1 aromatic heterocycles. The Bertz CT molecular complexity index is 743. The van der Waals surface area contributed by atoms with Crippen LogP contribution < -0.4 is 5.73 Å². The van der Waals surface area contributed by atoms with E-state index in [2.05, 4.69) is 9.97 Å². The van der Waals surface area contributed by atoms with E-state index in [4.69, 9.17) is 5.73 Å². The maximum absolute atomic E-state index is 9.32. The molecule has 2 aromatic carbocycles. The number of aromatic nitrogens is 2. The van der Waals surface area contributed by atoms with Gasteiger partial charge in [-0.1, -0.05) is 23.5 Å². The zero-order chi connectivity index (χ0) is 16.2. The van der Waals surface area contributed by atoms with Gasteiger partial charge in [0.2, 0.25) is 0 Å². The number of nitrogen functional groups attached to an aromatic ring is 1. The largest absolute Gasteiger partial charge is 0.508 e. The number of hydrogen-bond acceptors (Lipinski definition) is 7. The Labute approximate surface area is 141 Å². The molecule has 4 N–H and O–H groups in total. The summed E-state index contributed by atoms with van der Waals surface area (Å²) in [6.07, 6.45) is 1.47. The first-order valence-electron chi connectivity index (χ1n) is 6.66.